The van der Waals surface area contributed by atoms with Crippen LogP contribution in [0, 0.1) is 0 Å². The quantitative estimate of drug-likeness (QED) is 0.549. The van der Waals surface area contributed by atoms with Gasteiger partial charge in [-0.15, -0.1) is 0 Å². The zero-order chi connectivity index (χ0) is 16.5. The Labute approximate surface area is 138 Å². The summed E-state index contributed by atoms with van der Waals surface area (Å²) >= 11 is 0. The second-order valence-corrected chi connectivity index (χ2v) is 5.66. The second-order valence-electron chi connectivity index (χ2n) is 5.66. The number of aromatic nitrogens is 2. The number of hydrogen-bond donors (Lipinski definition) is 0. The molecule has 5 heteroatoms. The minimum Gasteiger partial charge on any atom is -0.334 e. The molecule has 0 radical (unpaired) electrons. The molecule has 0 fully saturated rings. The van der Waals surface area contributed by atoms with E-state index in [1.807, 2.05) is 47.2 Å². The molecule has 24 heavy (non-hydrogen) atoms. The minimum atomic E-state index is -0.239. The summed E-state index contributed by atoms with van der Waals surface area (Å²) in [5, 5.41) is 1.68. The zero-order valence-electron chi connectivity index (χ0n) is 12.9. The van der Waals surface area contributed by atoms with Gasteiger partial charge in [-0.3, -0.25) is 14.5 Å². The monoisotopic (exact) mass is 317 g/mol. The van der Waals surface area contributed by atoms with E-state index >= 15 is 0 Å². The normalized spacial score (nSPS) is 14.1. The Kier molecular flexibility index (Phi) is 3.46. The van der Waals surface area contributed by atoms with E-state index < -0.39 is 0 Å². The Balaban J connectivity index is 1.61. The van der Waals surface area contributed by atoms with Crippen LogP contribution in [0.15, 0.2) is 67.3 Å². The molecule has 4 rings (SSSR count). The smallest absolute Gasteiger partial charge is 0.261 e. The Morgan fingerprint density at radius 1 is 0.917 bits per heavy atom. The van der Waals surface area contributed by atoms with Gasteiger partial charge in [-0.25, -0.2) is 4.98 Å². The molecule has 0 spiro atoms. The Morgan fingerprint density at radius 3 is 2.21 bits per heavy atom. The van der Waals surface area contributed by atoms with Crippen LogP contribution in [0.2, 0.25) is 0 Å². The highest BCUT2D eigenvalue weighted by Crippen LogP contribution is 2.29. The van der Waals surface area contributed by atoms with E-state index in [1.165, 1.54) is 4.90 Å². The van der Waals surface area contributed by atoms with Crippen molar-refractivity contribution in [2.24, 2.45) is 0 Å². The van der Waals surface area contributed by atoms with Crippen molar-refractivity contribution in [3.8, 4) is 0 Å². The summed E-state index contributed by atoms with van der Waals surface area (Å²) < 4.78 is 1.91. The van der Waals surface area contributed by atoms with Crippen molar-refractivity contribution in [2.45, 2.75) is 6.54 Å². The van der Waals surface area contributed by atoms with Crippen LogP contribution in [0.25, 0.3) is 10.8 Å². The molecule has 0 atom stereocenters. The van der Waals surface area contributed by atoms with Gasteiger partial charge in [0.1, 0.15) is 0 Å². The largest absolute Gasteiger partial charge is 0.334 e. The second kappa shape index (κ2) is 5.77. The molecule has 0 saturated carbocycles. The van der Waals surface area contributed by atoms with Gasteiger partial charge in [0.15, 0.2) is 0 Å². The molecular weight excluding hydrogens is 302 g/mol. The average molecular weight is 317 g/mol. The first kappa shape index (κ1) is 14.4. The van der Waals surface area contributed by atoms with Crippen LogP contribution < -0.4 is 0 Å². The van der Waals surface area contributed by atoms with Crippen LogP contribution >= 0.6 is 0 Å². The third-order valence-electron chi connectivity index (χ3n) is 4.19. The summed E-state index contributed by atoms with van der Waals surface area (Å²) in [5.41, 5.74) is 1.18. The molecule has 2 amide bonds. The first-order valence-corrected chi connectivity index (χ1v) is 7.74. The highest BCUT2D eigenvalue weighted by Gasteiger charge is 2.31. The first-order valence-electron chi connectivity index (χ1n) is 7.74. The van der Waals surface area contributed by atoms with Crippen LogP contribution in [0.5, 0.6) is 0 Å². The maximum absolute atomic E-state index is 12.7. The number of allylic oxidation sites excluding steroid dienone is 1. The predicted octanol–water partition coefficient (Wildman–Crippen LogP) is 2.89. The average Bonchev–Trinajstić information content (AvgIpc) is 3.12. The number of carbonyl (C=O) groups excluding carboxylic acids is 2. The number of rotatable bonds is 4. The third kappa shape index (κ3) is 2.31. The number of benzene rings is 2. The number of imidazole rings is 1. The molecule has 1 aliphatic heterocycles. The van der Waals surface area contributed by atoms with E-state index in [0.717, 1.165) is 10.8 Å². The fourth-order valence-electron chi connectivity index (χ4n) is 3.02. The van der Waals surface area contributed by atoms with Crippen LogP contribution in [-0.2, 0) is 6.54 Å². The van der Waals surface area contributed by atoms with Crippen LogP contribution in [0.4, 0.5) is 0 Å². The number of nitrogens with zero attached hydrogens (tertiary/aromatic N) is 3. The van der Waals surface area contributed by atoms with Gasteiger partial charge in [0.05, 0.1) is 6.33 Å². The molecule has 0 N–H and O–H groups in total. The number of imide groups is 1. The summed E-state index contributed by atoms with van der Waals surface area (Å²) in [7, 11) is 0. The number of hydrogen-bond acceptors (Lipinski definition) is 3. The van der Waals surface area contributed by atoms with Crippen LogP contribution in [0.3, 0.4) is 0 Å². The van der Waals surface area contributed by atoms with Gasteiger partial charge in [0.2, 0.25) is 0 Å². The molecule has 0 bridgehead atoms. The van der Waals surface area contributed by atoms with Gasteiger partial charge in [0, 0.05) is 42.0 Å². The van der Waals surface area contributed by atoms with Crippen LogP contribution in [-0.4, -0.2) is 32.8 Å². The van der Waals surface area contributed by atoms with Gasteiger partial charge in [0.25, 0.3) is 11.8 Å². The molecule has 1 aromatic heterocycles. The highest BCUT2D eigenvalue weighted by molar-refractivity contribution is 6.25. The third-order valence-corrected chi connectivity index (χ3v) is 4.19. The van der Waals surface area contributed by atoms with E-state index in [-0.39, 0.29) is 18.4 Å². The van der Waals surface area contributed by atoms with Gasteiger partial charge >= 0.3 is 0 Å². The summed E-state index contributed by atoms with van der Waals surface area (Å²) in [6.07, 6.45) is 9.05. The van der Waals surface area contributed by atoms with Gasteiger partial charge in [-0.2, -0.15) is 0 Å². The highest BCUT2D eigenvalue weighted by atomic mass is 16.2. The first-order chi connectivity index (χ1) is 11.8. The molecule has 0 unspecified atom stereocenters. The lowest BCUT2D eigenvalue weighted by atomic mass is 9.94. The van der Waals surface area contributed by atoms with Gasteiger partial charge < -0.3 is 4.57 Å². The number of carbonyl (C=O) groups is 2. The Bertz CT molecular complexity index is 907. The molecule has 3 aromatic rings. The fraction of sp³-hybridized carbons (Fsp3) is 0.105. The van der Waals surface area contributed by atoms with Crippen molar-refractivity contribution in [3.05, 3.63) is 78.4 Å². The lowest BCUT2D eigenvalue weighted by molar-refractivity contribution is 0.0629. The molecule has 2 heterocycles. The standard InChI is InChI=1S/C19H15N3O2/c23-18-15-7-3-5-14-6-4-8-16(17(14)15)19(24)22(18)11-2-1-10-21-12-9-20-13-21/h1-9,12-13H,10-11H2. The van der Waals surface area contributed by atoms with Crippen molar-refractivity contribution in [3.63, 3.8) is 0 Å². The van der Waals surface area contributed by atoms with Gasteiger partial charge in [-0.05, 0) is 17.5 Å². The molecular formula is C19H15N3O2. The van der Waals surface area contributed by atoms with Crippen molar-refractivity contribution in [1.82, 2.24) is 14.5 Å². The summed E-state index contributed by atoms with van der Waals surface area (Å²) in [5.74, 6) is -0.479. The fourth-order valence-corrected chi connectivity index (χ4v) is 3.02. The Morgan fingerprint density at radius 2 is 1.58 bits per heavy atom. The SMILES string of the molecule is O=C1c2cccc3cccc(c23)C(=O)N1CC=CCn1ccnc1. The minimum absolute atomic E-state index is 0.239. The zero-order valence-corrected chi connectivity index (χ0v) is 12.9. The molecule has 0 saturated heterocycles. The molecule has 0 aliphatic carbocycles. The van der Waals surface area contributed by atoms with Gasteiger partial charge in [-0.1, -0.05) is 36.4 Å². The van der Waals surface area contributed by atoms with E-state index in [9.17, 15) is 9.59 Å². The molecule has 5 nitrogen and oxygen atoms in total. The molecule has 2 aromatic carbocycles. The summed E-state index contributed by atoms with van der Waals surface area (Å²) in [6.45, 7) is 0.916. The Hall–Kier alpha value is -3.21. The molecule has 1 aliphatic rings. The van der Waals surface area contributed by atoms with E-state index in [2.05, 4.69) is 4.98 Å². The lowest BCUT2D eigenvalue weighted by Crippen LogP contribution is -2.40. The summed E-state index contributed by atoms with van der Waals surface area (Å²) in [6, 6.07) is 11.1. The van der Waals surface area contributed by atoms with Crippen molar-refractivity contribution in [2.75, 3.05) is 6.54 Å². The van der Waals surface area contributed by atoms with E-state index in [1.54, 1.807) is 24.7 Å². The summed E-state index contributed by atoms with van der Waals surface area (Å²) in [4.78, 5) is 30.7. The topological polar surface area (TPSA) is 55.2 Å². The maximum atomic E-state index is 12.7. The molecule has 118 valence electrons. The van der Waals surface area contributed by atoms with Crippen molar-refractivity contribution in [1.29, 1.82) is 0 Å². The van der Waals surface area contributed by atoms with E-state index in [0.29, 0.717) is 17.7 Å². The maximum Gasteiger partial charge on any atom is 0.261 e. The number of amides is 2. The lowest BCUT2D eigenvalue weighted by Gasteiger charge is -2.26. The van der Waals surface area contributed by atoms with E-state index in [4.69, 9.17) is 0 Å². The van der Waals surface area contributed by atoms with Crippen LogP contribution in [0.1, 0.15) is 20.7 Å². The van der Waals surface area contributed by atoms with Crippen molar-refractivity contribution < 1.29 is 9.59 Å². The predicted molar refractivity (Wildman–Crippen MR) is 90.7 cm³/mol. The van der Waals surface area contributed by atoms with Crippen molar-refractivity contribution >= 4 is 22.6 Å².